The molecule has 0 saturated carbocycles. The third-order valence-corrected chi connectivity index (χ3v) is 3.46. The second kappa shape index (κ2) is 4.81. The summed E-state index contributed by atoms with van der Waals surface area (Å²) in [5, 5.41) is 6.93. The minimum atomic E-state index is 0.465. The van der Waals surface area contributed by atoms with Crippen molar-refractivity contribution < 1.29 is 4.42 Å². The molecule has 84 valence electrons. The molecule has 2 heterocycles. The second-order valence-electron chi connectivity index (χ2n) is 4.46. The van der Waals surface area contributed by atoms with Crippen LogP contribution in [0.4, 0.5) is 0 Å². The van der Waals surface area contributed by atoms with Crippen molar-refractivity contribution >= 4 is 0 Å². The first-order valence-electron chi connectivity index (χ1n) is 5.78. The van der Waals surface area contributed by atoms with Gasteiger partial charge in [0.2, 0.25) is 0 Å². The van der Waals surface area contributed by atoms with Crippen LogP contribution in [0.3, 0.4) is 0 Å². The molecule has 1 aromatic heterocycles. The monoisotopic (exact) mass is 208 g/mol. The van der Waals surface area contributed by atoms with Gasteiger partial charge in [0.25, 0.3) is 0 Å². The Balaban J connectivity index is 1.77. The number of nitrogens with one attached hydrogen (secondary N) is 2. The van der Waals surface area contributed by atoms with Crippen molar-refractivity contribution in [2.24, 2.45) is 5.41 Å². The van der Waals surface area contributed by atoms with Gasteiger partial charge in [-0.25, -0.2) is 0 Å². The maximum Gasteiger partial charge on any atom is 0.117 e. The molecule has 1 aliphatic heterocycles. The molecule has 1 aromatic rings. The average Bonchev–Trinajstić information content (AvgIpc) is 2.89. The first kappa shape index (κ1) is 10.7. The normalized spacial score (nSPS) is 25.9. The minimum Gasteiger partial charge on any atom is -0.468 e. The highest BCUT2D eigenvalue weighted by molar-refractivity contribution is 4.98. The van der Waals surface area contributed by atoms with Crippen LogP contribution in [-0.4, -0.2) is 19.6 Å². The molecule has 0 spiro atoms. The molecule has 1 unspecified atom stereocenters. The lowest BCUT2D eigenvalue weighted by Gasteiger charge is -2.26. The highest BCUT2D eigenvalue weighted by Crippen LogP contribution is 2.28. The lowest BCUT2D eigenvalue weighted by Crippen LogP contribution is -2.35. The summed E-state index contributed by atoms with van der Waals surface area (Å²) in [7, 11) is 0. The molecule has 1 aliphatic rings. The quantitative estimate of drug-likeness (QED) is 0.774. The largest absolute Gasteiger partial charge is 0.468 e. The van der Waals surface area contributed by atoms with E-state index >= 15 is 0 Å². The summed E-state index contributed by atoms with van der Waals surface area (Å²) in [5.41, 5.74) is 0.465. The molecular formula is C12H20N2O. The number of furan rings is 1. The first-order chi connectivity index (χ1) is 7.35. The molecule has 0 amide bonds. The Morgan fingerprint density at radius 3 is 3.13 bits per heavy atom. The van der Waals surface area contributed by atoms with E-state index in [0.717, 1.165) is 31.9 Å². The lowest BCUT2D eigenvalue weighted by atomic mass is 9.84. The fraction of sp³-hybridized carbons (Fsp3) is 0.667. The van der Waals surface area contributed by atoms with Gasteiger partial charge in [-0.2, -0.15) is 0 Å². The van der Waals surface area contributed by atoms with Crippen molar-refractivity contribution in [1.29, 1.82) is 0 Å². The standard InChI is InChI=1S/C12H20N2O/c1-2-12(5-6-13-9-12)10-14-8-11-4-3-7-15-11/h3-4,7,13-14H,2,5-6,8-10H2,1H3. The molecule has 3 heteroatoms. The number of hydrogen-bond donors (Lipinski definition) is 2. The van der Waals surface area contributed by atoms with Crippen molar-refractivity contribution in [3.8, 4) is 0 Å². The van der Waals surface area contributed by atoms with Crippen LogP contribution in [0.25, 0.3) is 0 Å². The van der Waals surface area contributed by atoms with Crippen LogP contribution in [0.15, 0.2) is 22.8 Å². The van der Waals surface area contributed by atoms with Gasteiger partial charge in [0.1, 0.15) is 5.76 Å². The highest BCUT2D eigenvalue weighted by atomic mass is 16.3. The molecular weight excluding hydrogens is 188 g/mol. The summed E-state index contributed by atoms with van der Waals surface area (Å²) in [6.07, 6.45) is 4.25. The Kier molecular flexibility index (Phi) is 3.44. The second-order valence-corrected chi connectivity index (χ2v) is 4.46. The molecule has 0 aromatic carbocycles. The molecule has 0 radical (unpaired) electrons. The third-order valence-electron chi connectivity index (χ3n) is 3.46. The highest BCUT2D eigenvalue weighted by Gasteiger charge is 2.31. The maximum absolute atomic E-state index is 5.29. The van der Waals surface area contributed by atoms with E-state index in [-0.39, 0.29) is 0 Å². The number of rotatable bonds is 5. The van der Waals surface area contributed by atoms with Gasteiger partial charge in [-0.05, 0) is 36.9 Å². The van der Waals surface area contributed by atoms with Crippen molar-refractivity contribution in [2.75, 3.05) is 19.6 Å². The van der Waals surface area contributed by atoms with Crippen LogP contribution < -0.4 is 10.6 Å². The van der Waals surface area contributed by atoms with Crippen LogP contribution >= 0.6 is 0 Å². The molecule has 0 bridgehead atoms. The smallest absolute Gasteiger partial charge is 0.117 e. The molecule has 3 nitrogen and oxygen atoms in total. The Hall–Kier alpha value is -0.800. The van der Waals surface area contributed by atoms with E-state index in [1.54, 1.807) is 6.26 Å². The van der Waals surface area contributed by atoms with Crippen LogP contribution in [0, 0.1) is 5.41 Å². The van der Waals surface area contributed by atoms with E-state index in [0.29, 0.717) is 5.41 Å². The molecule has 2 rings (SSSR count). The van der Waals surface area contributed by atoms with Crippen molar-refractivity contribution in [1.82, 2.24) is 10.6 Å². The van der Waals surface area contributed by atoms with Gasteiger partial charge in [-0.3, -0.25) is 0 Å². The van der Waals surface area contributed by atoms with Gasteiger partial charge in [0.15, 0.2) is 0 Å². The zero-order chi connectivity index (χ0) is 10.6. The summed E-state index contributed by atoms with van der Waals surface area (Å²) in [6.45, 7) is 6.51. The van der Waals surface area contributed by atoms with Crippen molar-refractivity contribution in [2.45, 2.75) is 26.3 Å². The SMILES string of the molecule is CCC1(CNCc2ccco2)CCNC1. The molecule has 15 heavy (non-hydrogen) atoms. The van der Waals surface area contributed by atoms with E-state index in [4.69, 9.17) is 4.42 Å². The Bertz CT molecular complexity index is 276. The minimum absolute atomic E-state index is 0.465. The summed E-state index contributed by atoms with van der Waals surface area (Å²) in [6, 6.07) is 3.95. The van der Waals surface area contributed by atoms with Gasteiger partial charge in [-0.15, -0.1) is 0 Å². The zero-order valence-corrected chi connectivity index (χ0v) is 9.38. The molecule has 0 aliphatic carbocycles. The summed E-state index contributed by atoms with van der Waals surface area (Å²) in [5.74, 6) is 1.02. The number of hydrogen-bond acceptors (Lipinski definition) is 3. The Labute approximate surface area is 91.2 Å². The fourth-order valence-corrected chi connectivity index (χ4v) is 2.24. The van der Waals surface area contributed by atoms with Gasteiger partial charge in [0, 0.05) is 13.1 Å². The first-order valence-corrected chi connectivity index (χ1v) is 5.78. The summed E-state index contributed by atoms with van der Waals surface area (Å²) >= 11 is 0. The van der Waals surface area contributed by atoms with E-state index in [2.05, 4.69) is 17.6 Å². The topological polar surface area (TPSA) is 37.2 Å². The summed E-state index contributed by atoms with van der Waals surface area (Å²) < 4.78 is 5.29. The predicted molar refractivity (Wildman–Crippen MR) is 60.6 cm³/mol. The lowest BCUT2D eigenvalue weighted by molar-refractivity contribution is 0.286. The zero-order valence-electron chi connectivity index (χ0n) is 9.38. The third kappa shape index (κ3) is 2.61. The summed E-state index contributed by atoms with van der Waals surface area (Å²) in [4.78, 5) is 0. The Morgan fingerprint density at radius 1 is 1.60 bits per heavy atom. The van der Waals surface area contributed by atoms with Gasteiger partial charge < -0.3 is 15.1 Å². The van der Waals surface area contributed by atoms with Crippen LogP contribution in [0.1, 0.15) is 25.5 Å². The van der Waals surface area contributed by atoms with E-state index in [1.807, 2.05) is 12.1 Å². The van der Waals surface area contributed by atoms with Crippen LogP contribution in [-0.2, 0) is 6.54 Å². The van der Waals surface area contributed by atoms with E-state index in [9.17, 15) is 0 Å². The van der Waals surface area contributed by atoms with Crippen molar-refractivity contribution in [3.05, 3.63) is 24.2 Å². The van der Waals surface area contributed by atoms with Crippen LogP contribution in [0.2, 0.25) is 0 Å². The average molecular weight is 208 g/mol. The predicted octanol–water partition coefficient (Wildman–Crippen LogP) is 1.76. The van der Waals surface area contributed by atoms with Crippen molar-refractivity contribution in [3.63, 3.8) is 0 Å². The maximum atomic E-state index is 5.29. The molecule has 2 N–H and O–H groups in total. The fourth-order valence-electron chi connectivity index (χ4n) is 2.24. The van der Waals surface area contributed by atoms with E-state index in [1.165, 1.54) is 12.8 Å². The van der Waals surface area contributed by atoms with Crippen LogP contribution in [0.5, 0.6) is 0 Å². The Morgan fingerprint density at radius 2 is 2.53 bits per heavy atom. The van der Waals surface area contributed by atoms with E-state index < -0.39 is 0 Å². The van der Waals surface area contributed by atoms with Gasteiger partial charge >= 0.3 is 0 Å². The molecule has 1 fully saturated rings. The molecule has 1 atom stereocenters. The molecule has 1 saturated heterocycles. The van der Waals surface area contributed by atoms with Gasteiger partial charge in [-0.1, -0.05) is 6.92 Å². The van der Waals surface area contributed by atoms with Gasteiger partial charge in [0.05, 0.1) is 12.8 Å².